The molecular formula is C12H24N2O2. The Kier molecular flexibility index (Phi) is 5.22. The van der Waals surface area contributed by atoms with Crippen molar-refractivity contribution in [3.05, 3.63) is 0 Å². The Labute approximate surface area is 98.3 Å². The van der Waals surface area contributed by atoms with Crippen LogP contribution in [0, 0.1) is 5.92 Å². The van der Waals surface area contributed by atoms with Crippen LogP contribution in [0.3, 0.4) is 0 Å². The number of nitrogens with one attached hydrogen (secondary N) is 1. The summed E-state index contributed by atoms with van der Waals surface area (Å²) < 4.78 is 5.75. The highest BCUT2D eigenvalue weighted by Crippen LogP contribution is 2.15. The molecule has 94 valence electrons. The van der Waals surface area contributed by atoms with Crippen LogP contribution in [-0.2, 0) is 9.53 Å². The van der Waals surface area contributed by atoms with Crippen LogP contribution in [0.4, 0.5) is 0 Å². The highest BCUT2D eigenvalue weighted by Gasteiger charge is 2.29. The summed E-state index contributed by atoms with van der Waals surface area (Å²) in [6.45, 7) is 8.31. The van der Waals surface area contributed by atoms with Gasteiger partial charge in [0.05, 0.1) is 12.2 Å². The van der Waals surface area contributed by atoms with E-state index in [1.807, 2.05) is 25.8 Å². The van der Waals surface area contributed by atoms with Crippen molar-refractivity contribution in [1.82, 2.24) is 10.2 Å². The molecule has 1 fully saturated rings. The number of rotatable bonds is 4. The van der Waals surface area contributed by atoms with E-state index in [0.717, 1.165) is 26.1 Å². The van der Waals surface area contributed by atoms with Crippen molar-refractivity contribution in [1.29, 1.82) is 0 Å². The standard InChI is InChI=1S/C12H24N2O2/c1-5-11-8-14(7-10(3)16-11)12(15)9(2)6-13-4/h9-11,13H,5-8H2,1-4H3. The smallest absolute Gasteiger partial charge is 0.226 e. The summed E-state index contributed by atoms with van der Waals surface area (Å²) in [5.41, 5.74) is 0. The lowest BCUT2D eigenvalue weighted by Crippen LogP contribution is -2.51. The molecule has 1 aliphatic rings. The third-order valence-corrected chi connectivity index (χ3v) is 3.03. The summed E-state index contributed by atoms with van der Waals surface area (Å²) in [4.78, 5) is 14.1. The first kappa shape index (κ1) is 13.5. The Bertz CT molecular complexity index is 233. The number of hydrogen-bond donors (Lipinski definition) is 1. The quantitative estimate of drug-likeness (QED) is 0.776. The number of ether oxygens (including phenoxy) is 1. The fourth-order valence-electron chi connectivity index (χ4n) is 2.16. The van der Waals surface area contributed by atoms with Crippen molar-refractivity contribution in [2.24, 2.45) is 5.92 Å². The van der Waals surface area contributed by atoms with Crippen LogP contribution < -0.4 is 5.32 Å². The molecule has 0 aromatic heterocycles. The highest BCUT2D eigenvalue weighted by atomic mass is 16.5. The molecule has 0 aromatic rings. The van der Waals surface area contributed by atoms with Gasteiger partial charge in [-0.05, 0) is 20.4 Å². The normalized spacial score (nSPS) is 27.9. The molecular weight excluding hydrogens is 204 g/mol. The van der Waals surface area contributed by atoms with Crippen molar-refractivity contribution >= 4 is 5.91 Å². The maximum atomic E-state index is 12.1. The van der Waals surface area contributed by atoms with E-state index in [9.17, 15) is 4.79 Å². The van der Waals surface area contributed by atoms with Gasteiger partial charge in [0.1, 0.15) is 0 Å². The lowest BCUT2D eigenvalue weighted by molar-refractivity contribution is -0.148. The van der Waals surface area contributed by atoms with Gasteiger partial charge in [0, 0.05) is 25.6 Å². The molecule has 0 spiro atoms. The van der Waals surface area contributed by atoms with E-state index in [1.54, 1.807) is 0 Å². The summed E-state index contributed by atoms with van der Waals surface area (Å²) in [5, 5.41) is 3.05. The molecule has 4 heteroatoms. The Morgan fingerprint density at radius 1 is 1.56 bits per heavy atom. The number of amides is 1. The number of carbonyl (C=O) groups is 1. The zero-order chi connectivity index (χ0) is 12.1. The fourth-order valence-corrected chi connectivity index (χ4v) is 2.16. The third-order valence-electron chi connectivity index (χ3n) is 3.03. The first-order chi connectivity index (χ1) is 7.58. The van der Waals surface area contributed by atoms with E-state index in [-0.39, 0.29) is 24.0 Å². The van der Waals surface area contributed by atoms with E-state index in [1.165, 1.54) is 0 Å². The van der Waals surface area contributed by atoms with Crippen molar-refractivity contribution in [2.45, 2.75) is 39.4 Å². The minimum absolute atomic E-state index is 0.0489. The monoisotopic (exact) mass is 228 g/mol. The van der Waals surface area contributed by atoms with Gasteiger partial charge in [-0.2, -0.15) is 0 Å². The van der Waals surface area contributed by atoms with E-state index < -0.39 is 0 Å². The highest BCUT2D eigenvalue weighted by molar-refractivity contribution is 5.78. The summed E-state index contributed by atoms with van der Waals surface area (Å²) in [6.07, 6.45) is 1.33. The molecule has 4 nitrogen and oxygen atoms in total. The minimum Gasteiger partial charge on any atom is -0.372 e. The van der Waals surface area contributed by atoms with Gasteiger partial charge in [0.2, 0.25) is 5.91 Å². The number of morpholine rings is 1. The molecule has 1 rings (SSSR count). The Hall–Kier alpha value is -0.610. The van der Waals surface area contributed by atoms with Gasteiger partial charge < -0.3 is 15.0 Å². The van der Waals surface area contributed by atoms with Gasteiger partial charge in [-0.25, -0.2) is 0 Å². The van der Waals surface area contributed by atoms with Crippen LogP contribution in [0.15, 0.2) is 0 Å². The molecule has 1 heterocycles. The van der Waals surface area contributed by atoms with Crippen LogP contribution in [0.5, 0.6) is 0 Å². The van der Waals surface area contributed by atoms with Crippen LogP contribution in [0.25, 0.3) is 0 Å². The molecule has 0 aromatic carbocycles. The van der Waals surface area contributed by atoms with Crippen LogP contribution in [0.1, 0.15) is 27.2 Å². The largest absolute Gasteiger partial charge is 0.372 e. The van der Waals surface area contributed by atoms with E-state index >= 15 is 0 Å². The predicted molar refractivity (Wildman–Crippen MR) is 64.3 cm³/mol. The van der Waals surface area contributed by atoms with Gasteiger partial charge in [0.25, 0.3) is 0 Å². The van der Waals surface area contributed by atoms with Gasteiger partial charge in [-0.3, -0.25) is 4.79 Å². The van der Waals surface area contributed by atoms with Gasteiger partial charge >= 0.3 is 0 Å². The summed E-state index contributed by atoms with van der Waals surface area (Å²) >= 11 is 0. The van der Waals surface area contributed by atoms with Gasteiger partial charge in [-0.15, -0.1) is 0 Å². The average Bonchev–Trinajstić information content (AvgIpc) is 2.27. The minimum atomic E-state index is 0.0489. The topological polar surface area (TPSA) is 41.6 Å². The zero-order valence-corrected chi connectivity index (χ0v) is 10.8. The average molecular weight is 228 g/mol. The molecule has 1 N–H and O–H groups in total. The first-order valence-electron chi connectivity index (χ1n) is 6.17. The van der Waals surface area contributed by atoms with E-state index in [0.29, 0.717) is 0 Å². The molecule has 16 heavy (non-hydrogen) atoms. The second kappa shape index (κ2) is 6.21. The van der Waals surface area contributed by atoms with Gasteiger partial charge in [-0.1, -0.05) is 13.8 Å². The summed E-state index contributed by atoms with van der Waals surface area (Å²) in [6, 6.07) is 0. The van der Waals surface area contributed by atoms with Crippen LogP contribution >= 0.6 is 0 Å². The molecule has 0 radical (unpaired) electrons. The number of hydrogen-bond acceptors (Lipinski definition) is 3. The molecule has 1 amide bonds. The van der Waals surface area contributed by atoms with E-state index in [4.69, 9.17) is 4.74 Å². The molecule has 1 aliphatic heterocycles. The SMILES string of the molecule is CCC1CN(C(=O)C(C)CNC)CC(C)O1. The zero-order valence-electron chi connectivity index (χ0n) is 10.8. The van der Waals surface area contributed by atoms with Crippen LogP contribution in [0.2, 0.25) is 0 Å². The predicted octanol–water partition coefficient (Wildman–Crippen LogP) is 0.868. The number of carbonyl (C=O) groups excluding carboxylic acids is 1. The maximum absolute atomic E-state index is 12.1. The fraction of sp³-hybridized carbons (Fsp3) is 0.917. The maximum Gasteiger partial charge on any atom is 0.226 e. The number of nitrogens with zero attached hydrogens (tertiary/aromatic N) is 1. The van der Waals surface area contributed by atoms with Crippen molar-refractivity contribution < 1.29 is 9.53 Å². The summed E-state index contributed by atoms with van der Waals surface area (Å²) in [5.74, 6) is 0.288. The third kappa shape index (κ3) is 3.46. The van der Waals surface area contributed by atoms with E-state index in [2.05, 4.69) is 12.2 Å². The Balaban J connectivity index is 2.54. The second-order valence-electron chi connectivity index (χ2n) is 4.68. The lowest BCUT2D eigenvalue weighted by Gasteiger charge is -2.37. The first-order valence-corrected chi connectivity index (χ1v) is 6.17. The second-order valence-corrected chi connectivity index (χ2v) is 4.68. The summed E-state index contributed by atoms with van der Waals surface area (Å²) in [7, 11) is 1.88. The molecule has 0 aliphatic carbocycles. The molecule has 1 saturated heterocycles. The molecule has 0 bridgehead atoms. The Morgan fingerprint density at radius 3 is 2.81 bits per heavy atom. The lowest BCUT2D eigenvalue weighted by atomic mass is 10.1. The van der Waals surface area contributed by atoms with Crippen molar-refractivity contribution in [3.63, 3.8) is 0 Å². The van der Waals surface area contributed by atoms with Gasteiger partial charge in [0.15, 0.2) is 0 Å². The van der Waals surface area contributed by atoms with Crippen molar-refractivity contribution in [2.75, 3.05) is 26.7 Å². The molecule has 3 atom stereocenters. The Morgan fingerprint density at radius 2 is 2.25 bits per heavy atom. The van der Waals surface area contributed by atoms with Crippen molar-refractivity contribution in [3.8, 4) is 0 Å². The molecule has 0 saturated carbocycles. The van der Waals surface area contributed by atoms with Crippen LogP contribution in [-0.4, -0.2) is 49.7 Å². The molecule has 3 unspecified atom stereocenters.